The number of hydrogen-bond acceptors (Lipinski definition) is 5. The smallest absolute Gasteiger partial charge is 0.346 e. The van der Waals surface area contributed by atoms with E-state index in [1.165, 1.54) is 17.4 Å². The Labute approximate surface area is 141 Å². The van der Waals surface area contributed by atoms with Crippen molar-refractivity contribution in [3.63, 3.8) is 0 Å². The Bertz CT molecular complexity index is 1100. The van der Waals surface area contributed by atoms with Gasteiger partial charge in [-0.1, -0.05) is 30.3 Å². The van der Waals surface area contributed by atoms with Crippen LogP contribution in [-0.2, 0) is 0 Å². The van der Waals surface area contributed by atoms with E-state index in [-0.39, 0.29) is 5.75 Å². The van der Waals surface area contributed by atoms with Crippen molar-refractivity contribution in [2.75, 3.05) is 0 Å². The lowest BCUT2D eigenvalue weighted by molar-refractivity contribution is 0.473. The molecule has 0 fully saturated rings. The first-order chi connectivity index (χ1) is 11.6. The minimum atomic E-state index is -0.457. The molecule has 2 heterocycles. The third kappa shape index (κ3) is 2.49. The van der Waals surface area contributed by atoms with E-state index < -0.39 is 5.63 Å². The highest BCUT2D eigenvalue weighted by molar-refractivity contribution is 7.15. The van der Waals surface area contributed by atoms with Crippen molar-refractivity contribution in [2.24, 2.45) is 0 Å². The van der Waals surface area contributed by atoms with Gasteiger partial charge < -0.3 is 9.52 Å². The lowest BCUT2D eigenvalue weighted by Gasteiger charge is -2.00. The van der Waals surface area contributed by atoms with Crippen LogP contribution in [-0.4, -0.2) is 10.1 Å². The summed E-state index contributed by atoms with van der Waals surface area (Å²) in [5.74, 6) is 0.0647. The van der Waals surface area contributed by atoms with E-state index in [9.17, 15) is 9.90 Å². The highest BCUT2D eigenvalue weighted by atomic mass is 32.1. The molecule has 0 radical (unpaired) electrons. The molecule has 24 heavy (non-hydrogen) atoms. The molecule has 0 aliphatic heterocycles. The molecule has 0 saturated carbocycles. The molecule has 0 bridgehead atoms. The summed E-state index contributed by atoms with van der Waals surface area (Å²) < 4.78 is 5.33. The SMILES string of the molecule is Cc1sc(-c2cc3ccc(O)cc3oc2=O)nc1-c1ccccc1. The molecule has 118 valence electrons. The molecule has 2 aromatic carbocycles. The first-order valence-corrected chi connectivity index (χ1v) is 8.23. The number of benzene rings is 2. The average Bonchev–Trinajstić information content (AvgIpc) is 2.96. The summed E-state index contributed by atoms with van der Waals surface area (Å²) in [5, 5.41) is 10.9. The maximum Gasteiger partial charge on any atom is 0.346 e. The molecule has 0 unspecified atom stereocenters. The number of phenolic OH excluding ortho intramolecular Hbond substituents is 1. The molecule has 0 saturated heterocycles. The average molecular weight is 335 g/mol. The van der Waals surface area contributed by atoms with Gasteiger partial charge in [-0.15, -0.1) is 11.3 Å². The molecule has 4 aromatic rings. The predicted molar refractivity (Wildman–Crippen MR) is 95.4 cm³/mol. The Hall–Kier alpha value is -2.92. The Balaban J connectivity index is 1.88. The summed E-state index contributed by atoms with van der Waals surface area (Å²) in [6.07, 6.45) is 0. The van der Waals surface area contributed by atoms with Gasteiger partial charge in [0.2, 0.25) is 0 Å². The second-order valence-electron chi connectivity index (χ2n) is 5.46. The molecule has 5 heteroatoms. The predicted octanol–water partition coefficient (Wildman–Crippen LogP) is 4.60. The van der Waals surface area contributed by atoms with Crippen LogP contribution in [0.4, 0.5) is 0 Å². The van der Waals surface area contributed by atoms with Crippen molar-refractivity contribution in [3.8, 4) is 27.6 Å². The Morgan fingerprint density at radius 2 is 1.88 bits per heavy atom. The van der Waals surface area contributed by atoms with Crippen molar-refractivity contribution < 1.29 is 9.52 Å². The number of fused-ring (bicyclic) bond motifs is 1. The Morgan fingerprint density at radius 1 is 1.08 bits per heavy atom. The molecule has 0 aliphatic carbocycles. The molecular weight excluding hydrogens is 322 g/mol. The summed E-state index contributed by atoms with van der Waals surface area (Å²) in [7, 11) is 0. The fraction of sp³-hybridized carbons (Fsp3) is 0.0526. The lowest BCUT2D eigenvalue weighted by Crippen LogP contribution is -2.02. The third-order valence-corrected chi connectivity index (χ3v) is 4.80. The monoisotopic (exact) mass is 335 g/mol. The van der Waals surface area contributed by atoms with Crippen LogP contribution in [0.15, 0.2) is 63.8 Å². The minimum absolute atomic E-state index is 0.0647. The second kappa shape index (κ2) is 5.62. The zero-order chi connectivity index (χ0) is 16.7. The van der Waals surface area contributed by atoms with Gasteiger partial charge in [0.05, 0.1) is 11.3 Å². The molecule has 4 rings (SSSR count). The zero-order valence-electron chi connectivity index (χ0n) is 12.8. The van der Waals surface area contributed by atoms with Gasteiger partial charge in [-0.25, -0.2) is 9.78 Å². The maximum absolute atomic E-state index is 12.3. The van der Waals surface area contributed by atoms with E-state index in [0.717, 1.165) is 21.5 Å². The number of aromatic nitrogens is 1. The quantitative estimate of drug-likeness (QED) is 0.544. The van der Waals surface area contributed by atoms with Crippen molar-refractivity contribution >= 4 is 22.3 Å². The Kier molecular flexibility index (Phi) is 3.43. The van der Waals surface area contributed by atoms with Crippen molar-refractivity contribution in [3.05, 3.63) is 69.9 Å². The number of thiazole rings is 1. The van der Waals surface area contributed by atoms with Crippen LogP contribution in [0.2, 0.25) is 0 Å². The number of nitrogens with zero attached hydrogens (tertiary/aromatic N) is 1. The highest BCUT2D eigenvalue weighted by Gasteiger charge is 2.15. The lowest BCUT2D eigenvalue weighted by atomic mass is 10.1. The standard InChI is InChI=1S/C19H13NO3S/c1-11-17(12-5-3-2-4-6-12)20-18(24-11)15-9-13-7-8-14(21)10-16(13)23-19(15)22/h2-10,21H,1H3. The van der Waals surface area contributed by atoms with Gasteiger partial charge in [0.1, 0.15) is 16.3 Å². The summed E-state index contributed by atoms with van der Waals surface area (Å²) in [6.45, 7) is 1.99. The fourth-order valence-electron chi connectivity index (χ4n) is 2.62. The van der Waals surface area contributed by atoms with Crippen molar-refractivity contribution in [1.29, 1.82) is 0 Å². The van der Waals surface area contributed by atoms with Gasteiger partial charge in [-0.3, -0.25) is 0 Å². The van der Waals surface area contributed by atoms with Crippen LogP contribution in [0, 0.1) is 6.92 Å². The first kappa shape index (κ1) is 14.7. The van der Waals surface area contributed by atoms with E-state index in [0.29, 0.717) is 16.2 Å². The molecule has 0 aliphatic rings. The minimum Gasteiger partial charge on any atom is -0.508 e. The summed E-state index contributed by atoms with van der Waals surface area (Å²) in [6, 6.07) is 16.4. The first-order valence-electron chi connectivity index (χ1n) is 7.42. The number of hydrogen-bond donors (Lipinski definition) is 1. The van der Waals surface area contributed by atoms with E-state index in [1.807, 2.05) is 37.3 Å². The summed E-state index contributed by atoms with van der Waals surface area (Å²) in [5.41, 5.74) is 2.23. The van der Waals surface area contributed by atoms with Gasteiger partial charge in [-0.05, 0) is 25.1 Å². The number of aryl methyl sites for hydroxylation is 1. The van der Waals surface area contributed by atoms with Gasteiger partial charge >= 0.3 is 5.63 Å². The fourth-order valence-corrected chi connectivity index (χ4v) is 3.56. The van der Waals surface area contributed by atoms with Crippen LogP contribution in [0.25, 0.3) is 32.8 Å². The maximum atomic E-state index is 12.3. The second-order valence-corrected chi connectivity index (χ2v) is 6.66. The van der Waals surface area contributed by atoms with Gasteiger partial charge in [0, 0.05) is 21.9 Å². The zero-order valence-corrected chi connectivity index (χ0v) is 13.6. The van der Waals surface area contributed by atoms with Crippen LogP contribution >= 0.6 is 11.3 Å². The molecule has 0 spiro atoms. The highest BCUT2D eigenvalue weighted by Crippen LogP contribution is 2.33. The van der Waals surface area contributed by atoms with E-state index in [4.69, 9.17) is 4.42 Å². The van der Waals surface area contributed by atoms with Crippen molar-refractivity contribution in [2.45, 2.75) is 6.92 Å². The van der Waals surface area contributed by atoms with Crippen LogP contribution in [0.3, 0.4) is 0 Å². The van der Waals surface area contributed by atoms with Crippen LogP contribution in [0.1, 0.15) is 4.88 Å². The number of rotatable bonds is 2. The topological polar surface area (TPSA) is 63.3 Å². The molecule has 2 aromatic heterocycles. The van der Waals surface area contributed by atoms with Crippen LogP contribution in [0.5, 0.6) is 5.75 Å². The van der Waals surface area contributed by atoms with Gasteiger partial charge in [-0.2, -0.15) is 0 Å². The van der Waals surface area contributed by atoms with E-state index in [1.54, 1.807) is 18.2 Å². The largest absolute Gasteiger partial charge is 0.508 e. The van der Waals surface area contributed by atoms with Gasteiger partial charge in [0.15, 0.2) is 0 Å². The third-order valence-electron chi connectivity index (χ3n) is 3.79. The van der Waals surface area contributed by atoms with E-state index in [2.05, 4.69) is 4.98 Å². The normalized spacial score (nSPS) is 11.0. The number of aromatic hydroxyl groups is 1. The Morgan fingerprint density at radius 3 is 2.67 bits per heavy atom. The van der Waals surface area contributed by atoms with Gasteiger partial charge in [0.25, 0.3) is 0 Å². The number of phenols is 1. The van der Waals surface area contributed by atoms with E-state index >= 15 is 0 Å². The molecule has 0 atom stereocenters. The van der Waals surface area contributed by atoms with Crippen LogP contribution < -0.4 is 5.63 Å². The molecule has 1 N–H and O–H groups in total. The van der Waals surface area contributed by atoms with Crippen molar-refractivity contribution in [1.82, 2.24) is 4.98 Å². The summed E-state index contributed by atoms with van der Waals surface area (Å²) >= 11 is 1.47. The molecule has 0 amide bonds. The molecule has 4 nitrogen and oxygen atoms in total. The molecular formula is C19H13NO3S. The summed E-state index contributed by atoms with van der Waals surface area (Å²) in [4.78, 5) is 18.0.